The molecule has 0 saturated carbocycles. The quantitative estimate of drug-likeness (QED) is 0.702. The molecule has 0 unspecified atom stereocenters. The third kappa shape index (κ3) is 3.36. The largest absolute Gasteiger partial charge is 0.358 e. The fourth-order valence-electron chi connectivity index (χ4n) is 2.72. The van der Waals surface area contributed by atoms with Gasteiger partial charge < -0.3 is 10.3 Å². The van der Waals surface area contributed by atoms with Crippen molar-refractivity contribution in [2.24, 2.45) is 0 Å². The third-order valence-electron chi connectivity index (χ3n) is 3.86. The summed E-state index contributed by atoms with van der Waals surface area (Å²) in [7, 11) is 0. The van der Waals surface area contributed by atoms with Crippen molar-refractivity contribution in [1.82, 2.24) is 10.3 Å². The third-order valence-corrected chi connectivity index (χ3v) is 4.43. The van der Waals surface area contributed by atoms with Crippen LogP contribution in [0, 0.1) is 6.92 Å². The molecule has 0 spiro atoms. The summed E-state index contributed by atoms with van der Waals surface area (Å²) in [5.74, 6) is -0.161. The molecule has 0 aliphatic heterocycles. The number of carbonyl (C=O) groups is 1. The van der Waals surface area contributed by atoms with E-state index in [-0.39, 0.29) is 5.91 Å². The second-order valence-electron chi connectivity index (χ2n) is 5.40. The fourth-order valence-corrected chi connectivity index (χ4v) is 3.11. The number of aromatic nitrogens is 1. The normalized spacial score (nSPS) is 10.9. The summed E-state index contributed by atoms with van der Waals surface area (Å²) in [6.45, 7) is 2.56. The van der Waals surface area contributed by atoms with E-state index in [9.17, 15) is 4.79 Å². The molecule has 1 aromatic heterocycles. The highest BCUT2D eigenvalue weighted by Crippen LogP contribution is 2.25. The highest BCUT2D eigenvalue weighted by atomic mass is 35.5. The van der Waals surface area contributed by atoms with Crippen molar-refractivity contribution in [3.05, 3.63) is 69.3 Å². The minimum Gasteiger partial charge on any atom is -0.358 e. The molecular formula is C18H16Cl2N2O. The summed E-state index contributed by atoms with van der Waals surface area (Å²) in [4.78, 5) is 15.5. The van der Waals surface area contributed by atoms with E-state index >= 15 is 0 Å². The van der Waals surface area contributed by atoms with Gasteiger partial charge in [0.2, 0.25) is 0 Å². The van der Waals surface area contributed by atoms with Gasteiger partial charge in [0, 0.05) is 28.2 Å². The number of rotatable bonds is 4. The molecule has 0 bridgehead atoms. The molecule has 0 aliphatic carbocycles. The van der Waals surface area contributed by atoms with Crippen LogP contribution in [0.15, 0.2) is 42.5 Å². The average molecular weight is 347 g/mol. The number of nitrogens with one attached hydrogen (secondary N) is 2. The molecule has 118 valence electrons. The van der Waals surface area contributed by atoms with Crippen LogP contribution >= 0.6 is 23.2 Å². The first kappa shape index (κ1) is 15.9. The Kier molecular flexibility index (Phi) is 4.60. The molecule has 3 aromatic rings. The molecule has 0 fully saturated rings. The van der Waals surface area contributed by atoms with E-state index in [1.807, 2.05) is 25.1 Å². The van der Waals surface area contributed by atoms with Crippen LogP contribution in [0.1, 0.15) is 21.6 Å². The van der Waals surface area contributed by atoms with Crippen LogP contribution in [0.2, 0.25) is 10.0 Å². The first-order chi connectivity index (χ1) is 11.1. The zero-order valence-electron chi connectivity index (χ0n) is 12.6. The molecule has 0 radical (unpaired) electrons. The maximum atomic E-state index is 12.2. The number of benzene rings is 2. The van der Waals surface area contributed by atoms with Crippen molar-refractivity contribution < 1.29 is 4.79 Å². The molecule has 23 heavy (non-hydrogen) atoms. The molecule has 1 heterocycles. The SMILES string of the molecule is Cc1[nH]c2ccc(Cl)cc2c1CCNC(=O)c1ccccc1Cl. The van der Waals surface area contributed by atoms with E-state index in [2.05, 4.69) is 10.3 Å². The van der Waals surface area contributed by atoms with Gasteiger partial charge in [0.15, 0.2) is 0 Å². The van der Waals surface area contributed by atoms with Crippen molar-refractivity contribution >= 4 is 40.0 Å². The number of hydrogen-bond donors (Lipinski definition) is 2. The van der Waals surface area contributed by atoms with Crippen LogP contribution in [-0.2, 0) is 6.42 Å². The molecule has 3 rings (SSSR count). The molecule has 2 aromatic carbocycles. The Morgan fingerprint density at radius 1 is 1.17 bits per heavy atom. The van der Waals surface area contributed by atoms with E-state index in [4.69, 9.17) is 23.2 Å². The Balaban J connectivity index is 1.72. The van der Waals surface area contributed by atoms with E-state index in [1.54, 1.807) is 24.3 Å². The van der Waals surface area contributed by atoms with Gasteiger partial charge in [-0.25, -0.2) is 0 Å². The fraction of sp³-hybridized carbons (Fsp3) is 0.167. The Hall–Kier alpha value is -1.97. The van der Waals surface area contributed by atoms with Crippen molar-refractivity contribution in [1.29, 1.82) is 0 Å². The summed E-state index contributed by atoms with van der Waals surface area (Å²) >= 11 is 12.1. The predicted molar refractivity (Wildman–Crippen MR) is 95.5 cm³/mol. The van der Waals surface area contributed by atoms with E-state index in [1.165, 1.54) is 5.56 Å². The van der Waals surface area contributed by atoms with Gasteiger partial charge in [-0.1, -0.05) is 35.3 Å². The maximum absolute atomic E-state index is 12.2. The average Bonchev–Trinajstić information content (AvgIpc) is 2.83. The zero-order chi connectivity index (χ0) is 16.4. The number of amides is 1. The highest BCUT2D eigenvalue weighted by Gasteiger charge is 2.11. The Labute approximate surface area is 144 Å². The van der Waals surface area contributed by atoms with E-state index in [0.29, 0.717) is 22.2 Å². The Morgan fingerprint density at radius 3 is 2.74 bits per heavy atom. The number of aromatic amines is 1. The lowest BCUT2D eigenvalue weighted by Crippen LogP contribution is -2.26. The first-order valence-electron chi connectivity index (χ1n) is 7.35. The Bertz CT molecular complexity index is 871. The van der Waals surface area contributed by atoms with E-state index in [0.717, 1.165) is 23.0 Å². The molecule has 3 nitrogen and oxygen atoms in total. The second-order valence-corrected chi connectivity index (χ2v) is 6.25. The van der Waals surface area contributed by atoms with Crippen molar-refractivity contribution in [2.75, 3.05) is 6.54 Å². The monoisotopic (exact) mass is 346 g/mol. The topological polar surface area (TPSA) is 44.9 Å². The molecule has 0 saturated heterocycles. The molecule has 0 aliphatic rings. The number of fused-ring (bicyclic) bond motifs is 1. The van der Waals surface area contributed by atoms with Gasteiger partial charge in [0.05, 0.1) is 10.6 Å². The minimum absolute atomic E-state index is 0.161. The van der Waals surface area contributed by atoms with Crippen LogP contribution in [-0.4, -0.2) is 17.4 Å². The molecule has 0 atom stereocenters. The zero-order valence-corrected chi connectivity index (χ0v) is 14.1. The lowest BCUT2D eigenvalue weighted by Gasteiger charge is -2.07. The summed E-state index contributed by atoms with van der Waals surface area (Å²) in [6.07, 6.45) is 0.725. The van der Waals surface area contributed by atoms with Crippen LogP contribution in [0.3, 0.4) is 0 Å². The minimum atomic E-state index is -0.161. The molecule has 2 N–H and O–H groups in total. The van der Waals surface area contributed by atoms with Crippen LogP contribution in [0.4, 0.5) is 0 Å². The number of hydrogen-bond acceptors (Lipinski definition) is 1. The van der Waals surface area contributed by atoms with Crippen LogP contribution in [0.5, 0.6) is 0 Å². The van der Waals surface area contributed by atoms with Crippen LogP contribution in [0.25, 0.3) is 10.9 Å². The maximum Gasteiger partial charge on any atom is 0.252 e. The second kappa shape index (κ2) is 6.65. The van der Waals surface area contributed by atoms with Crippen molar-refractivity contribution in [3.63, 3.8) is 0 Å². The standard InChI is InChI=1S/C18H16Cl2N2O/c1-11-13(15-10-12(19)6-7-17(15)22-11)8-9-21-18(23)14-4-2-3-5-16(14)20/h2-7,10,22H,8-9H2,1H3,(H,21,23). The van der Waals surface area contributed by atoms with Gasteiger partial charge >= 0.3 is 0 Å². The van der Waals surface area contributed by atoms with Crippen molar-refractivity contribution in [3.8, 4) is 0 Å². The number of H-pyrrole nitrogens is 1. The molecular weight excluding hydrogens is 331 g/mol. The summed E-state index contributed by atoms with van der Waals surface area (Å²) in [5.41, 5.74) is 3.81. The van der Waals surface area contributed by atoms with Crippen molar-refractivity contribution in [2.45, 2.75) is 13.3 Å². The van der Waals surface area contributed by atoms with Gasteiger partial charge in [-0.15, -0.1) is 0 Å². The van der Waals surface area contributed by atoms with Crippen LogP contribution < -0.4 is 5.32 Å². The highest BCUT2D eigenvalue weighted by molar-refractivity contribution is 6.33. The Morgan fingerprint density at radius 2 is 1.96 bits per heavy atom. The lowest BCUT2D eigenvalue weighted by molar-refractivity contribution is 0.0954. The smallest absolute Gasteiger partial charge is 0.252 e. The van der Waals surface area contributed by atoms with Gasteiger partial charge in [0.1, 0.15) is 0 Å². The molecule has 1 amide bonds. The number of halogens is 2. The summed E-state index contributed by atoms with van der Waals surface area (Å²) in [6, 6.07) is 12.8. The van der Waals surface area contributed by atoms with E-state index < -0.39 is 0 Å². The van der Waals surface area contributed by atoms with Gasteiger partial charge in [-0.3, -0.25) is 4.79 Å². The van der Waals surface area contributed by atoms with Gasteiger partial charge in [-0.2, -0.15) is 0 Å². The summed E-state index contributed by atoms with van der Waals surface area (Å²) in [5, 5.41) is 5.18. The summed E-state index contributed by atoms with van der Waals surface area (Å²) < 4.78 is 0. The lowest BCUT2D eigenvalue weighted by atomic mass is 10.1. The molecule has 5 heteroatoms. The van der Waals surface area contributed by atoms with Gasteiger partial charge in [-0.05, 0) is 49.2 Å². The number of carbonyl (C=O) groups excluding carboxylic acids is 1. The van der Waals surface area contributed by atoms with Gasteiger partial charge in [0.25, 0.3) is 5.91 Å². The number of aryl methyl sites for hydroxylation is 1. The predicted octanol–water partition coefficient (Wildman–Crippen LogP) is 4.76. The first-order valence-corrected chi connectivity index (χ1v) is 8.11.